The van der Waals surface area contributed by atoms with Gasteiger partial charge in [0.1, 0.15) is 29.1 Å². The molecule has 3 aromatic heterocycles. The second-order valence-corrected chi connectivity index (χ2v) is 9.96. The SMILES string of the molecule is CC(Oc1cc(-c2coc3c(-c4cnn(CCO)c4)cnc(N)c23)ccc1NS(=O)C(F)F)c1ccc(F)cc1. The summed E-state index contributed by atoms with van der Waals surface area (Å²) in [5, 5.41) is 13.9. The van der Waals surface area contributed by atoms with Gasteiger partial charge in [-0.1, -0.05) is 18.2 Å². The molecule has 0 bridgehead atoms. The lowest BCUT2D eigenvalue weighted by molar-refractivity contribution is 0.228. The van der Waals surface area contributed by atoms with E-state index in [0.29, 0.717) is 45.3 Å². The number of fused-ring (bicyclic) bond motifs is 1. The molecule has 0 spiro atoms. The van der Waals surface area contributed by atoms with Gasteiger partial charge in [-0.15, -0.1) is 0 Å². The topological polar surface area (TPSA) is 128 Å². The summed E-state index contributed by atoms with van der Waals surface area (Å²) in [6.07, 6.45) is 5.83. The van der Waals surface area contributed by atoms with Gasteiger partial charge >= 0.3 is 5.76 Å². The largest absolute Gasteiger partial charge is 0.484 e. The van der Waals surface area contributed by atoms with Gasteiger partial charge in [-0.05, 0) is 42.3 Å². The van der Waals surface area contributed by atoms with E-state index < -0.39 is 28.7 Å². The number of nitrogens with zero attached hydrogens (tertiary/aromatic N) is 3. The van der Waals surface area contributed by atoms with E-state index >= 15 is 0 Å². The Morgan fingerprint density at radius 2 is 1.93 bits per heavy atom. The Bertz CT molecular complexity index is 1670. The Hall–Kier alpha value is -4.36. The third-order valence-electron chi connectivity index (χ3n) is 6.21. The fraction of sp³-hybridized carbons (Fsp3) is 0.185. The summed E-state index contributed by atoms with van der Waals surface area (Å²) < 4.78 is 67.3. The molecule has 2 atom stereocenters. The van der Waals surface area contributed by atoms with Crippen LogP contribution in [0.5, 0.6) is 5.75 Å². The van der Waals surface area contributed by atoms with Gasteiger partial charge in [0.05, 0.1) is 36.7 Å². The number of furan rings is 1. The lowest BCUT2D eigenvalue weighted by atomic mass is 10.0. The molecule has 0 amide bonds. The molecular formula is C27H24F3N5O4S. The molecule has 208 valence electrons. The van der Waals surface area contributed by atoms with Crippen molar-refractivity contribution in [2.45, 2.75) is 25.3 Å². The highest BCUT2D eigenvalue weighted by Crippen LogP contribution is 2.41. The van der Waals surface area contributed by atoms with Crippen molar-refractivity contribution < 1.29 is 31.6 Å². The van der Waals surface area contributed by atoms with Gasteiger partial charge in [0.25, 0.3) is 0 Å². The number of pyridine rings is 1. The van der Waals surface area contributed by atoms with Crippen LogP contribution in [0.1, 0.15) is 18.6 Å². The summed E-state index contributed by atoms with van der Waals surface area (Å²) >= 11 is 0. The van der Waals surface area contributed by atoms with Crippen LogP contribution in [0, 0.1) is 5.82 Å². The van der Waals surface area contributed by atoms with Crippen LogP contribution >= 0.6 is 0 Å². The molecule has 2 aromatic carbocycles. The van der Waals surface area contributed by atoms with E-state index in [9.17, 15) is 22.5 Å². The average Bonchev–Trinajstić information content (AvgIpc) is 3.59. The first kappa shape index (κ1) is 27.2. The molecule has 2 unspecified atom stereocenters. The first-order valence-electron chi connectivity index (χ1n) is 12.1. The van der Waals surface area contributed by atoms with Gasteiger partial charge in [0.2, 0.25) is 0 Å². The molecule has 5 rings (SSSR count). The van der Waals surface area contributed by atoms with E-state index in [2.05, 4.69) is 14.8 Å². The fourth-order valence-electron chi connectivity index (χ4n) is 4.23. The number of hydrogen-bond donors (Lipinski definition) is 3. The number of aliphatic hydroxyl groups is 1. The van der Waals surface area contributed by atoms with Crippen LogP contribution in [0.25, 0.3) is 33.2 Å². The molecule has 40 heavy (non-hydrogen) atoms. The summed E-state index contributed by atoms with van der Waals surface area (Å²) in [6, 6.07) is 10.3. The number of anilines is 2. The van der Waals surface area contributed by atoms with Gasteiger partial charge < -0.3 is 20.0 Å². The molecule has 13 heteroatoms. The normalized spacial score (nSPS) is 13.1. The van der Waals surface area contributed by atoms with Crippen LogP contribution < -0.4 is 15.2 Å². The minimum absolute atomic E-state index is 0.0681. The number of alkyl halides is 2. The lowest BCUT2D eigenvalue weighted by Crippen LogP contribution is -2.14. The Labute approximate surface area is 229 Å². The highest BCUT2D eigenvalue weighted by Gasteiger charge is 2.21. The third-order valence-corrected chi connectivity index (χ3v) is 6.95. The fourth-order valence-corrected chi connectivity index (χ4v) is 4.70. The first-order chi connectivity index (χ1) is 19.2. The van der Waals surface area contributed by atoms with Crippen LogP contribution in [0.3, 0.4) is 0 Å². The molecular weight excluding hydrogens is 547 g/mol. The zero-order valence-electron chi connectivity index (χ0n) is 21.1. The van der Waals surface area contributed by atoms with Crippen LogP contribution in [-0.4, -0.2) is 36.4 Å². The second kappa shape index (κ2) is 11.4. The Morgan fingerprint density at radius 3 is 2.65 bits per heavy atom. The van der Waals surface area contributed by atoms with Gasteiger partial charge in [0.15, 0.2) is 11.0 Å². The van der Waals surface area contributed by atoms with Gasteiger partial charge in [0, 0.05) is 29.1 Å². The Balaban J connectivity index is 1.57. The average molecular weight is 572 g/mol. The number of ether oxygens (including phenoxy) is 1. The van der Waals surface area contributed by atoms with E-state index in [-0.39, 0.29) is 23.9 Å². The number of aromatic nitrogens is 3. The molecule has 9 nitrogen and oxygen atoms in total. The highest BCUT2D eigenvalue weighted by molar-refractivity contribution is 7.86. The number of hydrogen-bond acceptors (Lipinski definition) is 7. The van der Waals surface area contributed by atoms with Gasteiger partial charge in [-0.3, -0.25) is 9.40 Å². The zero-order valence-corrected chi connectivity index (χ0v) is 21.9. The van der Waals surface area contributed by atoms with E-state index in [1.54, 1.807) is 54.5 Å². The molecule has 0 aliphatic heterocycles. The van der Waals surface area contributed by atoms with Crippen molar-refractivity contribution in [2.24, 2.45) is 0 Å². The second-order valence-electron chi connectivity index (χ2n) is 8.81. The van der Waals surface area contributed by atoms with E-state index in [1.165, 1.54) is 24.5 Å². The smallest absolute Gasteiger partial charge is 0.330 e. The third kappa shape index (κ3) is 5.51. The maximum Gasteiger partial charge on any atom is 0.330 e. The van der Waals surface area contributed by atoms with Gasteiger partial charge in [-0.25, -0.2) is 13.6 Å². The standard InChI is InChI=1S/C27H24F3N5O4S/c1-15(16-2-5-19(28)6-3-16)39-23-10-17(4-7-22(23)34-40(37)27(29)30)21-14-38-25-20(12-32-26(31)24(21)25)18-11-33-35(13-18)8-9-36/h2-7,10-15,27,34,36H,8-9H2,1H3,(H2,31,32). The van der Waals surface area contributed by atoms with Crippen molar-refractivity contribution in [1.29, 1.82) is 0 Å². The molecule has 0 fully saturated rings. The summed E-state index contributed by atoms with van der Waals surface area (Å²) in [5.41, 5.74) is 9.88. The minimum Gasteiger partial charge on any atom is -0.484 e. The Morgan fingerprint density at radius 1 is 1.15 bits per heavy atom. The van der Waals surface area contributed by atoms with Crippen molar-refractivity contribution in [2.75, 3.05) is 17.1 Å². The summed E-state index contributed by atoms with van der Waals surface area (Å²) in [7, 11) is -2.67. The van der Waals surface area contributed by atoms with Crippen LogP contribution in [0.15, 0.2) is 71.7 Å². The number of nitrogen functional groups attached to an aromatic ring is 1. The van der Waals surface area contributed by atoms with Crippen LogP contribution in [0.2, 0.25) is 0 Å². The van der Waals surface area contributed by atoms with Crippen molar-refractivity contribution in [3.8, 4) is 28.0 Å². The molecule has 5 aromatic rings. The molecule has 4 N–H and O–H groups in total. The number of nitrogens with one attached hydrogen (secondary N) is 1. The summed E-state index contributed by atoms with van der Waals surface area (Å²) in [5.74, 6) is -3.20. The number of nitrogens with two attached hydrogens (primary N) is 1. The minimum atomic E-state index is -3.12. The highest BCUT2D eigenvalue weighted by atomic mass is 32.2. The van der Waals surface area contributed by atoms with Crippen molar-refractivity contribution in [3.63, 3.8) is 0 Å². The van der Waals surface area contributed by atoms with Crippen molar-refractivity contribution in [3.05, 3.63) is 78.7 Å². The van der Waals surface area contributed by atoms with Crippen LogP contribution in [-0.2, 0) is 17.5 Å². The number of halogens is 3. The van der Waals surface area contributed by atoms with Crippen molar-refractivity contribution >= 4 is 33.5 Å². The van der Waals surface area contributed by atoms with E-state index in [0.717, 1.165) is 0 Å². The Kier molecular flexibility index (Phi) is 7.76. The molecule has 3 heterocycles. The summed E-state index contributed by atoms with van der Waals surface area (Å²) in [6.45, 7) is 1.97. The molecule has 0 saturated carbocycles. The summed E-state index contributed by atoms with van der Waals surface area (Å²) in [4.78, 5) is 4.32. The molecule has 0 radical (unpaired) electrons. The maximum absolute atomic E-state index is 13.4. The van der Waals surface area contributed by atoms with Crippen LogP contribution in [0.4, 0.5) is 24.7 Å². The van der Waals surface area contributed by atoms with Gasteiger partial charge in [-0.2, -0.15) is 13.9 Å². The molecule has 0 aliphatic rings. The van der Waals surface area contributed by atoms with E-state index in [4.69, 9.17) is 14.9 Å². The first-order valence-corrected chi connectivity index (χ1v) is 13.3. The molecule has 0 saturated heterocycles. The van der Waals surface area contributed by atoms with E-state index in [1.807, 2.05) is 0 Å². The zero-order chi connectivity index (χ0) is 28.4. The lowest BCUT2D eigenvalue weighted by Gasteiger charge is -2.19. The molecule has 0 aliphatic carbocycles. The maximum atomic E-state index is 13.4. The van der Waals surface area contributed by atoms with Crippen molar-refractivity contribution in [1.82, 2.24) is 14.8 Å². The predicted molar refractivity (Wildman–Crippen MR) is 145 cm³/mol. The monoisotopic (exact) mass is 571 g/mol. The number of benzene rings is 2. The number of rotatable bonds is 10. The predicted octanol–water partition coefficient (Wildman–Crippen LogP) is 5.51. The number of aliphatic hydroxyl groups excluding tert-OH is 1. The quantitative estimate of drug-likeness (QED) is 0.202.